The van der Waals surface area contributed by atoms with E-state index in [-0.39, 0.29) is 5.97 Å². The van der Waals surface area contributed by atoms with Crippen LogP contribution in [0.2, 0.25) is 0 Å². The van der Waals surface area contributed by atoms with Crippen molar-refractivity contribution in [1.82, 2.24) is 4.98 Å². The third kappa shape index (κ3) is 2.77. The number of pyridine rings is 1. The smallest absolute Gasteiger partial charge is 0.338 e. The van der Waals surface area contributed by atoms with Crippen LogP contribution in [0.3, 0.4) is 0 Å². The van der Waals surface area contributed by atoms with E-state index in [1.807, 2.05) is 42.6 Å². The third-order valence-corrected chi connectivity index (χ3v) is 3.35. The monoisotopic (exact) mass is 277 g/mol. The van der Waals surface area contributed by atoms with Crippen LogP contribution in [0.1, 0.15) is 17.3 Å². The summed E-state index contributed by atoms with van der Waals surface area (Å²) in [5.41, 5.74) is 2.77. The maximum absolute atomic E-state index is 11.7. The van der Waals surface area contributed by atoms with Gasteiger partial charge in [-0.25, -0.2) is 4.79 Å². The predicted octanol–water partition coefficient (Wildman–Crippen LogP) is 4.08. The van der Waals surface area contributed by atoms with E-state index in [1.54, 1.807) is 19.2 Å². The van der Waals surface area contributed by atoms with Gasteiger partial charge in [0.05, 0.1) is 12.2 Å². The first kappa shape index (κ1) is 13.3. The van der Waals surface area contributed by atoms with Crippen molar-refractivity contribution in [1.29, 1.82) is 0 Å². The molecule has 0 unspecified atom stereocenters. The molecule has 1 heterocycles. The largest absolute Gasteiger partial charge is 0.462 e. The van der Waals surface area contributed by atoms with Gasteiger partial charge in [-0.1, -0.05) is 24.3 Å². The zero-order valence-corrected chi connectivity index (χ0v) is 11.7. The number of fused-ring (bicyclic) bond motifs is 1. The number of ether oxygens (including phenoxy) is 1. The van der Waals surface area contributed by atoms with E-state index in [0.717, 1.165) is 21.9 Å². The molecule has 0 saturated heterocycles. The van der Waals surface area contributed by atoms with Gasteiger partial charge in [0.1, 0.15) is 0 Å². The molecule has 0 radical (unpaired) electrons. The Balaban J connectivity index is 2.01. The predicted molar refractivity (Wildman–Crippen MR) is 83.1 cm³/mol. The molecule has 0 aliphatic carbocycles. The first-order valence-corrected chi connectivity index (χ1v) is 6.89. The fourth-order valence-electron chi connectivity index (χ4n) is 2.30. The number of rotatable bonds is 3. The Morgan fingerprint density at radius 1 is 1.05 bits per heavy atom. The molecule has 3 heteroatoms. The first-order chi connectivity index (χ1) is 10.3. The molecule has 0 N–H and O–H groups in total. The summed E-state index contributed by atoms with van der Waals surface area (Å²) in [7, 11) is 0. The van der Waals surface area contributed by atoms with E-state index >= 15 is 0 Å². The minimum atomic E-state index is -0.282. The molecule has 0 atom stereocenters. The average molecular weight is 277 g/mol. The molecule has 0 aliphatic rings. The van der Waals surface area contributed by atoms with E-state index < -0.39 is 0 Å². The number of hydrogen-bond donors (Lipinski definition) is 0. The fourth-order valence-corrected chi connectivity index (χ4v) is 2.30. The van der Waals surface area contributed by atoms with E-state index in [2.05, 4.69) is 11.1 Å². The van der Waals surface area contributed by atoms with Gasteiger partial charge in [-0.3, -0.25) is 4.98 Å². The Hall–Kier alpha value is -2.68. The van der Waals surface area contributed by atoms with Crippen LogP contribution in [0.4, 0.5) is 0 Å². The maximum Gasteiger partial charge on any atom is 0.338 e. The molecule has 104 valence electrons. The minimum Gasteiger partial charge on any atom is -0.462 e. The highest BCUT2D eigenvalue weighted by atomic mass is 16.5. The second-order valence-corrected chi connectivity index (χ2v) is 4.74. The number of benzene rings is 2. The van der Waals surface area contributed by atoms with Crippen molar-refractivity contribution in [2.75, 3.05) is 6.61 Å². The van der Waals surface area contributed by atoms with Gasteiger partial charge in [0.15, 0.2) is 0 Å². The highest BCUT2D eigenvalue weighted by molar-refractivity contribution is 5.96. The summed E-state index contributed by atoms with van der Waals surface area (Å²) in [4.78, 5) is 15.9. The topological polar surface area (TPSA) is 39.2 Å². The maximum atomic E-state index is 11.7. The average Bonchev–Trinajstić information content (AvgIpc) is 2.55. The third-order valence-electron chi connectivity index (χ3n) is 3.35. The minimum absolute atomic E-state index is 0.282. The van der Waals surface area contributed by atoms with Crippen LogP contribution >= 0.6 is 0 Å². The lowest BCUT2D eigenvalue weighted by Gasteiger charge is -2.06. The van der Waals surface area contributed by atoms with Gasteiger partial charge < -0.3 is 4.74 Å². The summed E-state index contributed by atoms with van der Waals surface area (Å²) in [6, 6.07) is 15.7. The number of hydrogen-bond acceptors (Lipinski definition) is 3. The van der Waals surface area contributed by atoms with Gasteiger partial charge in [0, 0.05) is 18.0 Å². The zero-order valence-electron chi connectivity index (χ0n) is 11.7. The quantitative estimate of drug-likeness (QED) is 0.677. The lowest BCUT2D eigenvalue weighted by Crippen LogP contribution is -2.04. The molecule has 2 aromatic carbocycles. The molecule has 1 aromatic heterocycles. The van der Waals surface area contributed by atoms with Crippen LogP contribution in [-0.4, -0.2) is 17.6 Å². The Bertz CT molecular complexity index is 782. The number of esters is 1. The second-order valence-electron chi connectivity index (χ2n) is 4.74. The van der Waals surface area contributed by atoms with Crippen LogP contribution in [0.5, 0.6) is 0 Å². The summed E-state index contributed by atoms with van der Waals surface area (Å²) >= 11 is 0. The van der Waals surface area contributed by atoms with Crippen molar-refractivity contribution in [3.8, 4) is 11.1 Å². The summed E-state index contributed by atoms with van der Waals surface area (Å²) in [5, 5.41) is 2.11. The van der Waals surface area contributed by atoms with Crippen LogP contribution in [0.15, 0.2) is 60.9 Å². The van der Waals surface area contributed by atoms with Gasteiger partial charge in [0.2, 0.25) is 0 Å². The molecule has 0 aliphatic heterocycles. The molecular weight excluding hydrogens is 262 g/mol. The SMILES string of the molecule is CCOC(=O)c1ccc2cc(-c3cccnc3)ccc2c1. The van der Waals surface area contributed by atoms with Crippen LogP contribution in [0, 0.1) is 0 Å². The van der Waals surface area contributed by atoms with Crippen molar-refractivity contribution < 1.29 is 9.53 Å². The number of nitrogens with zero attached hydrogens (tertiary/aromatic N) is 1. The second kappa shape index (κ2) is 5.75. The molecular formula is C18H15NO2. The summed E-state index contributed by atoms with van der Waals surface area (Å²) in [5.74, 6) is -0.282. The van der Waals surface area contributed by atoms with Crippen molar-refractivity contribution >= 4 is 16.7 Å². The Kier molecular flexibility index (Phi) is 3.65. The number of carbonyl (C=O) groups excluding carboxylic acids is 1. The molecule has 3 rings (SSSR count). The summed E-state index contributed by atoms with van der Waals surface area (Å²) in [6.07, 6.45) is 3.60. The fraction of sp³-hybridized carbons (Fsp3) is 0.111. The zero-order chi connectivity index (χ0) is 14.7. The van der Waals surface area contributed by atoms with Gasteiger partial charge in [0.25, 0.3) is 0 Å². The van der Waals surface area contributed by atoms with Crippen molar-refractivity contribution in [2.45, 2.75) is 6.92 Å². The Labute approximate surface area is 123 Å². The first-order valence-electron chi connectivity index (χ1n) is 6.89. The molecule has 0 amide bonds. The molecule has 0 saturated carbocycles. The van der Waals surface area contributed by atoms with Gasteiger partial charge >= 0.3 is 5.97 Å². The molecule has 3 aromatic rings. The molecule has 0 spiro atoms. The molecule has 0 fully saturated rings. The van der Waals surface area contributed by atoms with Crippen molar-refractivity contribution in [2.24, 2.45) is 0 Å². The molecule has 0 bridgehead atoms. The van der Waals surface area contributed by atoms with E-state index in [9.17, 15) is 4.79 Å². The lowest BCUT2D eigenvalue weighted by molar-refractivity contribution is 0.0526. The van der Waals surface area contributed by atoms with Gasteiger partial charge in [-0.2, -0.15) is 0 Å². The number of carbonyl (C=O) groups is 1. The van der Waals surface area contributed by atoms with Crippen molar-refractivity contribution in [3.05, 3.63) is 66.5 Å². The van der Waals surface area contributed by atoms with E-state index in [4.69, 9.17) is 4.74 Å². The molecule has 21 heavy (non-hydrogen) atoms. The highest BCUT2D eigenvalue weighted by Gasteiger charge is 2.07. The van der Waals surface area contributed by atoms with Gasteiger partial charge in [-0.05, 0) is 47.5 Å². The lowest BCUT2D eigenvalue weighted by atomic mass is 10.0. The normalized spacial score (nSPS) is 10.5. The van der Waals surface area contributed by atoms with Crippen LogP contribution < -0.4 is 0 Å². The Morgan fingerprint density at radius 2 is 1.86 bits per heavy atom. The number of aromatic nitrogens is 1. The van der Waals surface area contributed by atoms with Gasteiger partial charge in [-0.15, -0.1) is 0 Å². The standard InChI is InChI=1S/C18H15NO2/c1-2-21-18(20)16-8-7-13-10-15(6-5-14(13)11-16)17-4-3-9-19-12-17/h3-12H,2H2,1H3. The summed E-state index contributed by atoms with van der Waals surface area (Å²) < 4.78 is 5.02. The molecule has 3 nitrogen and oxygen atoms in total. The van der Waals surface area contributed by atoms with Crippen LogP contribution in [0.25, 0.3) is 21.9 Å². The van der Waals surface area contributed by atoms with E-state index in [0.29, 0.717) is 12.2 Å². The van der Waals surface area contributed by atoms with E-state index in [1.165, 1.54) is 0 Å². The summed E-state index contributed by atoms with van der Waals surface area (Å²) in [6.45, 7) is 2.19. The highest BCUT2D eigenvalue weighted by Crippen LogP contribution is 2.24. The van der Waals surface area contributed by atoms with Crippen LogP contribution in [-0.2, 0) is 4.74 Å². The van der Waals surface area contributed by atoms with Crippen molar-refractivity contribution in [3.63, 3.8) is 0 Å². The Morgan fingerprint density at radius 3 is 2.62 bits per heavy atom.